The average Bonchev–Trinajstić information content (AvgIpc) is 2.79. The summed E-state index contributed by atoms with van der Waals surface area (Å²) in [6, 6.07) is 3.76. The second-order valence-corrected chi connectivity index (χ2v) is 6.18. The van der Waals surface area contributed by atoms with Crippen LogP contribution in [0, 0.1) is 6.92 Å². The Labute approximate surface area is 137 Å². The van der Waals surface area contributed by atoms with E-state index < -0.39 is 0 Å². The van der Waals surface area contributed by atoms with Gasteiger partial charge in [-0.2, -0.15) is 0 Å². The van der Waals surface area contributed by atoms with Gasteiger partial charge in [-0.1, -0.05) is 24.4 Å². The van der Waals surface area contributed by atoms with E-state index in [9.17, 15) is 4.79 Å². The van der Waals surface area contributed by atoms with E-state index in [0.29, 0.717) is 23.7 Å². The molecule has 1 heterocycles. The summed E-state index contributed by atoms with van der Waals surface area (Å²) >= 11 is 6.10. The number of methoxy groups -OCH3 is 1. The lowest BCUT2D eigenvalue weighted by molar-refractivity contribution is -0.130. The van der Waals surface area contributed by atoms with Crippen LogP contribution in [0.15, 0.2) is 12.1 Å². The minimum Gasteiger partial charge on any atom is -0.495 e. The lowest BCUT2D eigenvalue weighted by atomic mass is 10.2. The van der Waals surface area contributed by atoms with Crippen LogP contribution in [0.5, 0.6) is 5.75 Å². The molecule has 0 spiro atoms. The fourth-order valence-electron chi connectivity index (χ4n) is 2.75. The van der Waals surface area contributed by atoms with E-state index in [0.717, 1.165) is 37.2 Å². The monoisotopic (exact) mass is 324 g/mol. The third kappa shape index (κ3) is 4.54. The van der Waals surface area contributed by atoms with Crippen molar-refractivity contribution in [3.05, 3.63) is 22.7 Å². The van der Waals surface area contributed by atoms with Gasteiger partial charge < -0.3 is 15.0 Å². The molecule has 1 amide bonds. The highest BCUT2D eigenvalue weighted by atomic mass is 35.5. The van der Waals surface area contributed by atoms with E-state index in [2.05, 4.69) is 5.32 Å². The number of amides is 1. The first-order valence-electron chi connectivity index (χ1n) is 7.97. The van der Waals surface area contributed by atoms with E-state index in [-0.39, 0.29) is 5.91 Å². The molecule has 122 valence electrons. The van der Waals surface area contributed by atoms with Crippen LogP contribution in [0.1, 0.15) is 37.7 Å². The predicted molar refractivity (Wildman–Crippen MR) is 90.9 cm³/mol. The van der Waals surface area contributed by atoms with Gasteiger partial charge in [-0.15, -0.1) is 0 Å². The van der Waals surface area contributed by atoms with Crippen LogP contribution < -0.4 is 10.1 Å². The SMILES string of the molecule is COc1cc(Cl)c(C)cc1NCCC(=O)N1CCCCCC1. The topological polar surface area (TPSA) is 41.6 Å². The van der Waals surface area contributed by atoms with Gasteiger partial charge in [0.2, 0.25) is 5.91 Å². The minimum atomic E-state index is 0.235. The molecular weight excluding hydrogens is 300 g/mol. The molecule has 1 aromatic carbocycles. The van der Waals surface area contributed by atoms with Gasteiger partial charge in [-0.05, 0) is 31.4 Å². The molecule has 5 heteroatoms. The Hall–Kier alpha value is -1.42. The summed E-state index contributed by atoms with van der Waals surface area (Å²) in [6.45, 7) is 4.37. The number of ether oxygens (including phenoxy) is 1. The molecule has 0 unspecified atom stereocenters. The predicted octanol–water partition coefficient (Wildman–Crippen LogP) is 3.86. The van der Waals surface area contributed by atoms with Crippen LogP contribution >= 0.6 is 11.6 Å². The molecule has 0 atom stereocenters. The second kappa shape index (κ2) is 8.28. The van der Waals surface area contributed by atoms with Crippen molar-refractivity contribution < 1.29 is 9.53 Å². The summed E-state index contributed by atoms with van der Waals surface area (Å²) in [7, 11) is 1.62. The third-order valence-corrected chi connectivity index (χ3v) is 4.50. The zero-order valence-electron chi connectivity index (χ0n) is 13.5. The molecule has 22 heavy (non-hydrogen) atoms. The van der Waals surface area contributed by atoms with Crippen molar-refractivity contribution in [2.24, 2.45) is 0 Å². The Bertz CT molecular complexity index is 512. The maximum absolute atomic E-state index is 12.3. The van der Waals surface area contributed by atoms with E-state index in [1.165, 1.54) is 12.8 Å². The molecule has 1 fully saturated rings. The van der Waals surface area contributed by atoms with Crippen molar-refractivity contribution >= 4 is 23.2 Å². The van der Waals surface area contributed by atoms with Crippen molar-refractivity contribution in [3.63, 3.8) is 0 Å². The fourth-order valence-corrected chi connectivity index (χ4v) is 2.91. The Kier molecular flexibility index (Phi) is 6.37. The Morgan fingerprint density at radius 2 is 1.95 bits per heavy atom. The highest BCUT2D eigenvalue weighted by Crippen LogP contribution is 2.30. The molecule has 4 nitrogen and oxygen atoms in total. The van der Waals surface area contributed by atoms with Gasteiger partial charge in [0.15, 0.2) is 0 Å². The normalized spacial score (nSPS) is 15.3. The third-order valence-electron chi connectivity index (χ3n) is 4.09. The van der Waals surface area contributed by atoms with Crippen LogP contribution in [-0.2, 0) is 4.79 Å². The van der Waals surface area contributed by atoms with Crippen LogP contribution in [-0.4, -0.2) is 37.6 Å². The average molecular weight is 325 g/mol. The minimum absolute atomic E-state index is 0.235. The lowest BCUT2D eigenvalue weighted by Gasteiger charge is -2.20. The summed E-state index contributed by atoms with van der Waals surface area (Å²) in [5.74, 6) is 0.942. The van der Waals surface area contributed by atoms with Gasteiger partial charge in [0.05, 0.1) is 12.8 Å². The number of hydrogen-bond acceptors (Lipinski definition) is 3. The number of hydrogen-bond donors (Lipinski definition) is 1. The molecule has 0 radical (unpaired) electrons. The number of rotatable bonds is 5. The number of nitrogens with zero attached hydrogens (tertiary/aromatic N) is 1. The fraction of sp³-hybridized carbons (Fsp3) is 0.588. The van der Waals surface area contributed by atoms with Crippen molar-refractivity contribution in [1.29, 1.82) is 0 Å². The van der Waals surface area contributed by atoms with Crippen molar-refractivity contribution in [2.45, 2.75) is 39.0 Å². The zero-order valence-corrected chi connectivity index (χ0v) is 14.2. The van der Waals surface area contributed by atoms with Crippen LogP contribution in [0.25, 0.3) is 0 Å². The largest absolute Gasteiger partial charge is 0.495 e. The molecule has 1 N–H and O–H groups in total. The van der Waals surface area contributed by atoms with E-state index >= 15 is 0 Å². The second-order valence-electron chi connectivity index (χ2n) is 5.77. The van der Waals surface area contributed by atoms with Gasteiger partial charge in [-0.25, -0.2) is 0 Å². The van der Waals surface area contributed by atoms with Gasteiger partial charge in [-0.3, -0.25) is 4.79 Å². The number of aryl methyl sites for hydroxylation is 1. The number of likely N-dealkylation sites (tertiary alicyclic amines) is 1. The van der Waals surface area contributed by atoms with Gasteiger partial charge >= 0.3 is 0 Å². The maximum atomic E-state index is 12.3. The van der Waals surface area contributed by atoms with Crippen LogP contribution in [0.3, 0.4) is 0 Å². The Morgan fingerprint density at radius 1 is 1.27 bits per heavy atom. The van der Waals surface area contributed by atoms with Crippen molar-refractivity contribution in [3.8, 4) is 5.75 Å². The standard InChI is InChI=1S/C17H25ClN2O2/c1-13-11-15(16(22-2)12-14(13)18)19-8-7-17(21)20-9-5-3-4-6-10-20/h11-12,19H,3-10H2,1-2H3. The van der Waals surface area contributed by atoms with Gasteiger partial charge in [0.25, 0.3) is 0 Å². The Morgan fingerprint density at radius 3 is 2.59 bits per heavy atom. The molecule has 1 aliphatic heterocycles. The quantitative estimate of drug-likeness (QED) is 0.894. The first-order valence-corrected chi connectivity index (χ1v) is 8.35. The Balaban J connectivity index is 1.87. The van der Waals surface area contributed by atoms with E-state index in [4.69, 9.17) is 16.3 Å². The summed E-state index contributed by atoms with van der Waals surface area (Å²) in [4.78, 5) is 14.2. The summed E-state index contributed by atoms with van der Waals surface area (Å²) in [6.07, 6.45) is 5.24. The number of halogens is 1. The molecule has 2 rings (SSSR count). The first-order chi connectivity index (χ1) is 10.6. The number of benzene rings is 1. The molecule has 1 aromatic rings. The highest BCUT2D eigenvalue weighted by Gasteiger charge is 2.15. The molecule has 0 aliphatic carbocycles. The number of nitrogens with one attached hydrogen (secondary N) is 1. The molecule has 0 saturated carbocycles. The number of carbonyl (C=O) groups excluding carboxylic acids is 1. The van der Waals surface area contributed by atoms with E-state index in [1.807, 2.05) is 17.9 Å². The summed E-state index contributed by atoms with van der Waals surface area (Å²) in [5.41, 5.74) is 1.87. The van der Waals surface area contributed by atoms with Crippen LogP contribution in [0.2, 0.25) is 5.02 Å². The summed E-state index contributed by atoms with van der Waals surface area (Å²) < 4.78 is 5.33. The first kappa shape index (κ1) is 16.9. The molecule has 0 aromatic heterocycles. The number of anilines is 1. The van der Waals surface area contributed by atoms with Gasteiger partial charge in [0, 0.05) is 37.1 Å². The van der Waals surface area contributed by atoms with Crippen molar-refractivity contribution in [1.82, 2.24) is 4.90 Å². The highest BCUT2D eigenvalue weighted by molar-refractivity contribution is 6.31. The van der Waals surface area contributed by atoms with E-state index in [1.54, 1.807) is 13.2 Å². The zero-order chi connectivity index (χ0) is 15.9. The molecule has 1 aliphatic rings. The molecular formula is C17H25ClN2O2. The summed E-state index contributed by atoms with van der Waals surface area (Å²) in [5, 5.41) is 3.97. The molecule has 0 bridgehead atoms. The number of carbonyl (C=O) groups is 1. The van der Waals surface area contributed by atoms with Crippen LogP contribution in [0.4, 0.5) is 5.69 Å². The van der Waals surface area contributed by atoms with Crippen molar-refractivity contribution in [2.75, 3.05) is 32.1 Å². The molecule has 1 saturated heterocycles. The smallest absolute Gasteiger partial charge is 0.224 e. The maximum Gasteiger partial charge on any atom is 0.224 e. The lowest BCUT2D eigenvalue weighted by Crippen LogP contribution is -2.32. The van der Waals surface area contributed by atoms with Gasteiger partial charge in [0.1, 0.15) is 5.75 Å².